The van der Waals surface area contributed by atoms with Crippen molar-refractivity contribution in [1.29, 1.82) is 0 Å². The first-order chi connectivity index (χ1) is 11.6. The van der Waals surface area contributed by atoms with Crippen LogP contribution in [0.3, 0.4) is 0 Å². The second-order valence-electron chi connectivity index (χ2n) is 5.83. The minimum atomic E-state index is -3.21. The predicted octanol–water partition coefficient (Wildman–Crippen LogP) is 4.38. The number of benzene rings is 2. The Kier molecular flexibility index (Phi) is 3.86. The molecular weight excluding hydrogens is 340 g/mol. The predicted molar refractivity (Wildman–Crippen MR) is 98.6 cm³/mol. The van der Waals surface area contributed by atoms with Gasteiger partial charge in [-0.05, 0) is 25.0 Å². The highest BCUT2D eigenvalue weighted by atomic mass is 32.2. The van der Waals surface area contributed by atoms with Gasteiger partial charge in [0.25, 0.3) is 0 Å². The molecule has 1 saturated carbocycles. The summed E-state index contributed by atoms with van der Waals surface area (Å²) < 4.78 is 26.6. The standard InChI is InChI=1S/C18H16N2O2S2/c21-24(22,16-10-11-16)20-15-8-6-13(7-9-15)17-12-23-18(19-17)14-4-2-1-3-5-14/h1-9,12,16,20H,10-11H2. The molecule has 0 unspecified atom stereocenters. The smallest absolute Gasteiger partial charge is 0.235 e. The Bertz CT molecular complexity index is 944. The highest BCUT2D eigenvalue weighted by Crippen LogP contribution is 2.31. The Balaban J connectivity index is 1.54. The second-order valence-corrected chi connectivity index (χ2v) is 8.65. The zero-order valence-electron chi connectivity index (χ0n) is 12.8. The highest BCUT2D eigenvalue weighted by Gasteiger charge is 2.35. The molecule has 4 nitrogen and oxygen atoms in total. The van der Waals surface area contributed by atoms with Gasteiger partial charge in [0.15, 0.2) is 0 Å². The van der Waals surface area contributed by atoms with E-state index < -0.39 is 10.0 Å². The van der Waals surface area contributed by atoms with Gasteiger partial charge in [0, 0.05) is 22.2 Å². The molecule has 0 radical (unpaired) electrons. The van der Waals surface area contributed by atoms with Crippen LogP contribution < -0.4 is 4.72 Å². The van der Waals surface area contributed by atoms with Crippen molar-refractivity contribution in [2.24, 2.45) is 0 Å². The zero-order valence-corrected chi connectivity index (χ0v) is 14.5. The molecule has 4 rings (SSSR count). The van der Waals surface area contributed by atoms with Crippen molar-refractivity contribution in [2.45, 2.75) is 18.1 Å². The van der Waals surface area contributed by atoms with Crippen molar-refractivity contribution in [1.82, 2.24) is 4.98 Å². The molecule has 2 aromatic carbocycles. The molecule has 24 heavy (non-hydrogen) atoms. The van der Waals surface area contributed by atoms with Crippen LogP contribution in [0.25, 0.3) is 21.8 Å². The van der Waals surface area contributed by atoms with Gasteiger partial charge < -0.3 is 0 Å². The summed E-state index contributed by atoms with van der Waals surface area (Å²) in [7, 11) is -3.21. The molecule has 1 aliphatic rings. The number of nitrogens with one attached hydrogen (secondary N) is 1. The fourth-order valence-corrected chi connectivity index (χ4v) is 4.68. The Hall–Kier alpha value is -2.18. The summed E-state index contributed by atoms with van der Waals surface area (Å²) in [6, 6.07) is 17.4. The van der Waals surface area contributed by atoms with E-state index in [0.717, 1.165) is 34.7 Å². The normalized spacial score (nSPS) is 14.5. The van der Waals surface area contributed by atoms with E-state index in [9.17, 15) is 8.42 Å². The van der Waals surface area contributed by atoms with Crippen molar-refractivity contribution in [2.75, 3.05) is 4.72 Å². The molecule has 1 fully saturated rings. The lowest BCUT2D eigenvalue weighted by atomic mass is 10.1. The van der Waals surface area contributed by atoms with Gasteiger partial charge in [0.1, 0.15) is 5.01 Å². The molecule has 6 heteroatoms. The van der Waals surface area contributed by atoms with Crippen LogP contribution in [0.1, 0.15) is 12.8 Å². The molecular formula is C18H16N2O2S2. The topological polar surface area (TPSA) is 59.1 Å². The Labute approximate surface area is 145 Å². The summed E-state index contributed by atoms with van der Waals surface area (Å²) in [6.45, 7) is 0. The maximum Gasteiger partial charge on any atom is 0.235 e. The van der Waals surface area contributed by atoms with E-state index in [0.29, 0.717) is 5.69 Å². The summed E-state index contributed by atoms with van der Waals surface area (Å²) >= 11 is 1.60. The largest absolute Gasteiger partial charge is 0.283 e. The lowest BCUT2D eigenvalue weighted by Gasteiger charge is -2.07. The minimum absolute atomic E-state index is 0.218. The quantitative estimate of drug-likeness (QED) is 0.738. The van der Waals surface area contributed by atoms with Crippen molar-refractivity contribution in [3.63, 3.8) is 0 Å². The number of sulfonamides is 1. The number of anilines is 1. The summed E-state index contributed by atoms with van der Waals surface area (Å²) in [5, 5.41) is 2.78. The molecule has 0 atom stereocenters. The molecule has 0 aliphatic heterocycles. The monoisotopic (exact) mass is 356 g/mol. The van der Waals surface area contributed by atoms with Crippen LogP contribution in [0, 0.1) is 0 Å². The second kappa shape index (κ2) is 6.03. The number of rotatable bonds is 5. The minimum Gasteiger partial charge on any atom is -0.283 e. The van der Waals surface area contributed by atoms with Crippen LogP contribution in [0.4, 0.5) is 5.69 Å². The highest BCUT2D eigenvalue weighted by molar-refractivity contribution is 7.93. The van der Waals surface area contributed by atoms with Crippen LogP contribution >= 0.6 is 11.3 Å². The molecule has 122 valence electrons. The fraction of sp³-hybridized carbons (Fsp3) is 0.167. The SMILES string of the molecule is O=S(=O)(Nc1ccc(-c2csc(-c3ccccc3)n2)cc1)C1CC1. The van der Waals surface area contributed by atoms with Crippen LogP contribution in [-0.4, -0.2) is 18.7 Å². The molecule has 1 aromatic heterocycles. The number of hydrogen-bond acceptors (Lipinski definition) is 4. The van der Waals surface area contributed by atoms with Gasteiger partial charge in [-0.15, -0.1) is 11.3 Å². The Morgan fingerprint density at radius 2 is 1.67 bits per heavy atom. The van der Waals surface area contributed by atoms with Gasteiger partial charge in [-0.25, -0.2) is 13.4 Å². The number of nitrogens with zero attached hydrogens (tertiary/aromatic N) is 1. The van der Waals surface area contributed by atoms with Crippen molar-refractivity contribution in [3.8, 4) is 21.8 Å². The van der Waals surface area contributed by atoms with Crippen molar-refractivity contribution < 1.29 is 8.42 Å². The van der Waals surface area contributed by atoms with E-state index in [1.54, 1.807) is 23.5 Å². The van der Waals surface area contributed by atoms with Crippen LogP contribution in [0.2, 0.25) is 0 Å². The van der Waals surface area contributed by atoms with Crippen LogP contribution in [-0.2, 0) is 10.0 Å². The van der Waals surface area contributed by atoms with Crippen molar-refractivity contribution >= 4 is 27.0 Å². The van der Waals surface area contributed by atoms with E-state index in [4.69, 9.17) is 0 Å². The van der Waals surface area contributed by atoms with Gasteiger partial charge in [0.05, 0.1) is 10.9 Å². The van der Waals surface area contributed by atoms with Crippen molar-refractivity contribution in [3.05, 3.63) is 60.0 Å². The van der Waals surface area contributed by atoms with E-state index in [2.05, 4.69) is 9.71 Å². The van der Waals surface area contributed by atoms with Gasteiger partial charge in [-0.2, -0.15) is 0 Å². The summed E-state index contributed by atoms with van der Waals surface area (Å²) in [5.41, 5.74) is 3.57. The molecule has 0 bridgehead atoms. The number of hydrogen-bond donors (Lipinski definition) is 1. The fourth-order valence-electron chi connectivity index (χ4n) is 2.45. The average molecular weight is 356 g/mol. The third-order valence-electron chi connectivity index (χ3n) is 3.93. The maximum atomic E-state index is 12.0. The lowest BCUT2D eigenvalue weighted by Crippen LogP contribution is -2.17. The first-order valence-corrected chi connectivity index (χ1v) is 10.2. The van der Waals surface area contributed by atoms with E-state index in [1.807, 2.05) is 47.8 Å². The summed E-state index contributed by atoms with van der Waals surface area (Å²) in [6.07, 6.45) is 1.52. The summed E-state index contributed by atoms with van der Waals surface area (Å²) in [5.74, 6) is 0. The first-order valence-electron chi connectivity index (χ1n) is 7.75. The van der Waals surface area contributed by atoms with Gasteiger partial charge in [0.2, 0.25) is 10.0 Å². The van der Waals surface area contributed by atoms with E-state index in [-0.39, 0.29) is 5.25 Å². The van der Waals surface area contributed by atoms with E-state index >= 15 is 0 Å². The lowest BCUT2D eigenvalue weighted by molar-refractivity contribution is 0.600. The Morgan fingerprint density at radius 3 is 2.33 bits per heavy atom. The van der Waals surface area contributed by atoms with Gasteiger partial charge in [-0.1, -0.05) is 42.5 Å². The first kappa shape index (κ1) is 15.4. The number of aromatic nitrogens is 1. The Morgan fingerprint density at radius 1 is 0.958 bits per heavy atom. The molecule has 1 N–H and O–H groups in total. The molecule has 0 saturated heterocycles. The maximum absolute atomic E-state index is 12.0. The van der Waals surface area contributed by atoms with Crippen LogP contribution in [0.15, 0.2) is 60.0 Å². The third-order valence-corrected chi connectivity index (χ3v) is 6.69. The molecule has 1 heterocycles. The number of thiazole rings is 1. The van der Waals surface area contributed by atoms with E-state index in [1.165, 1.54) is 0 Å². The van der Waals surface area contributed by atoms with Gasteiger partial charge >= 0.3 is 0 Å². The molecule has 1 aliphatic carbocycles. The third kappa shape index (κ3) is 3.20. The molecule has 0 spiro atoms. The zero-order chi connectivity index (χ0) is 16.6. The van der Waals surface area contributed by atoms with Gasteiger partial charge in [-0.3, -0.25) is 4.72 Å². The molecule has 3 aromatic rings. The molecule has 0 amide bonds. The van der Waals surface area contributed by atoms with Crippen LogP contribution in [0.5, 0.6) is 0 Å². The average Bonchev–Trinajstić information content (AvgIpc) is 3.35. The summed E-state index contributed by atoms with van der Waals surface area (Å²) in [4.78, 5) is 4.67.